The number of carbonyl (C=O) groups is 1. The first-order chi connectivity index (χ1) is 10.5. The molecule has 0 radical (unpaired) electrons. The van der Waals surface area contributed by atoms with Gasteiger partial charge in [0.25, 0.3) is 0 Å². The second kappa shape index (κ2) is 5.14. The summed E-state index contributed by atoms with van der Waals surface area (Å²) < 4.78 is 45.8. The van der Waals surface area contributed by atoms with Gasteiger partial charge in [-0.1, -0.05) is 0 Å². The van der Waals surface area contributed by atoms with Crippen LogP contribution in [0.3, 0.4) is 0 Å². The Bertz CT molecular complexity index is 892. The molecule has 0 fully saturated rings. The maximum atomic E-state index is 13.8. The summed E-state index contributed by atoms with van der Waals surface area (Å²) >= 11 is 0. The molecule has 0 saturated heterocycles. The standard InChI is InChI=1S/C14H8F3N3O2/c1-22-14(21)7-4-5-20-10(6-7)18-13(19-20)8-2-3-9(15)12(17)11(8)16/h2-6H,1H3. The SMILES string of the molecule is COC(=O)c1ccn2nc(-c3ccc(F)c(F)c3F)nc2c1. The number of benzene rings is 1. The lowest BCUT2D eigenvalue weighted by molar-refractivity contribution is 0.0600. The number of fused-ring (bicyclic) bond motifs is 1. The van der Waals surface area contributed by atoms with Gasteiger partial charge in [-0.05, 0) is 24.3 Å². The first-order valence-corrected chi connectivity index (χ1v) is 6.10. The van der Waals surface area contributed by atoms with E-state index in [1.54, 1.807) is 0 Å². The average Bonchev–Trinajstić information content (AvgIpc) is 2.94. The molecule has 3 aromatic rings. The van der Waals surface area contributed by atoms with Crippen molar-refractivity contribution in [2.45, 2.75) is 0 Å². The summed E-state index contributed by atoms with van der Waals surface area (Å²) in [5.74, 6) is -4.95. The van der Waals surface area contributed by atoms with Gasteiger partial charge in [0, 0.05) is 6.20 Å². The van der Waals surface area contributed by atoms with Gasteiger partial charge in [-0.2, -0.15) is 0 Å². The number of aromatic nitrogens is 3. The highest BCUT2D eigenvalue weighted by Crippen LogP contribution is 2.24. The zero-order valence-electron chi connectivity index (χ0n) is 11.2. The molecule has 0 saturated carbocycles. The monoisotopic (exact) mass is 307 g/mol. The van der Waals surface area contributed by atoms with Crippen LogP contribution < -0.4 is 0 Å². The fraction of sp³-hybridized carbons (Fsp3) is 0.0714. The number of halogens is 3. The van der Waals surface area contributed by atoms with Crippen LogP contribution >= 0.6 is 0 Å². The number of hydrogen-bond acceptors (Lipinski definition) is 4. The first-order valence-electron chi connectivity index (χ1n) is 6.10. The molecule has 1 aromatic carbocycles. The summed E-state index contributed by atoms with van der Waals surface area (Å²) in [5, 5.41) is 3.97. The summed E-state index contributed by atoms with van der Waals surface area (Å²) in [6, 6.07) is 4.67. The topological polar surface area (TPSA) is 56.5 Å². The Morgan fingerprint density at radius 2 is 1.95 bits per heavy atom. The highest BCUT2D eigenvalue weighted by molar-refractivity contribution is 5.90. The van der Waals surface area contributed by atoms with Crippen LogP contribution in [0.15, 0.2) is 30.5 Å². The number of esters is 1. The molecule has 0 atom stereocenters. The van der Waals surface area contributed by atoms with Crippen molar-refractivity contribution in [2.75, 3.05) is 7.11 Å². The number of carbonyl (C=O) groups excluding carboxylic acids is 1. The zero-order chi connectivity index (χ0) is 15.9. The van der Waals surface area contributed by atoms with Crippen LogP contribution in [0.5, 0.6) is 0 Å². The van der Waals surface area contributed by atoms with Crippen LogP contribution in [-0.2, 0) is 4.74 Å². The summed E-state index contributed by atoms with van der Waals surface area (Å²) in [7, 11) is 1.23. The minimum Gasteiger partial charge on any atom is -0.465 e. The van der Waals surface area contributed by atoms with Crippen molar-refractivity contribution >= 4 is 11.6 Å². The molecule has 0 aliphatic rings. The summed E-state index contributed by atoms with van der Waals surface area (Å²) in [5.41, 5.74) is 0.198. The maximum Gasteiger partial charge on any atom is 0.338 e. The van der Waals surface area contributed by atoms with E-state index in [9.17, 15) is 18.0 Å². The lowest BCUT2D eigenvalue weighted by Crippen LogP contribution is -2.02. The second-order valence-electron chi connectivity index (χ2n) is 4.37. The van der Waals surface area contributed by atoms with Crippen molar-refractivity contribution in [2.24, 2.45) is 0 Å². The van der Waals surface area contributed by atoms with E-state index < -0.39 is 23.4 Å². The zero-order valence-corrected chi connectivity index (χ0v) is 11.2. The third-order valence-electron chi connectivity index (χ3n) is 3.03. The van der Waals surface area contributed by atoms with Crippen LogP contribution in [0, 0.1) is 17.5 Å². The molecule has 0 amide bonds. The normalized spacial score (nSPS) is 10.9. The van der Waals surface area contributed by atoms with Gasteiger partial charge in [-0.25, -0.2) is 27.5 Å². The Labute approximate surface area is 122 Å². The molecule has 8 heteroatoms. The van der Waals surface area contributed by atoms with Gasteiger partial charge in [0.1, 0.15) is 0 Å². The Kier molecular flexibility index (Phi) is 3.28. The number of methoxy groups -OCH3 is 1. The van der Waals surface area contributed by atoms with Gasteiger partial charge in [0.15, 0.2) is 28.9 Å². The van der Waals surface area contributed by atoms with Gasteiger partial charge < -0.3 is 4.74 Å². The maximum absolute atomic E-state index is 13.8. The molecular formula is C14H8F3N3O2. The Morgan fingerprint density at radius 3 is 2.68 bits per heavy atom. The van der Waals surface area contributed by atoms with E-state index in [0.29, 0.717) is 0 Å². The van der Waals surface area contributed by atoms with Crippen LogP contribution in [0.2, 0.25) is 0 Å². The van der Waals surface area contributed by atoms with Gasteiger partial charge in [0.2, 0.25) is 0 Å². The quantitative estimate of drug-likeness (QED) is 0.539. The lowest BCUT2D eigenvalue weighted by atomic mass is 10.2. The smallest absolute Gasteiger partial charge is 0.338 e. The molecule has 0 aliphatic carbocycles. The second-order valence-corrected chi connectivity index (χ2v) is 4.37. The van der Waals surface area contributed by atoms with Crippen LogP contribution in [0.1, 0.15) is 10.4 Å². The minimum absolute atomic E-state index is 0.126. The van der Waals surface area contributed by atoms with E-state index in [1.165, 1.54) is 30.0 Å². The number of rotatable bonds is 2. The number of ether oxygens (including phenoxy) is 1. The van der Waals surface area contributed by atoms with Gasteiger partial charge >= 0.3 is 5.97 Å². The molecule has 0 spiro atoms. The van der Waals surface area contributed by atoms with Crippen LogP contribution in [0.4, 0.5) is 13.2 Å². The van der Waals surface area contributed by atoms with Gasteiger partial charge in [-0.3, -0.25) is 0 Å². The molecule has 5 nitrogen and oxygen atoms in total. The lowest BCUT2D eigenvalue weighted by Gasteiger charge is -1.99. The van der Waals surface area contributed by atoms with Crippen LogP contribution in [0.25, 0.3) is 17.0 Å². The highest BCUT2D eigenvalue weighted by Gasteiger charge is 2.18. The molecular weight excluding hydrogens is 299 g/mol. The van der Waals surface area contributed by atoms with Crippen molar-refractivity contribution in [3.8, 4) is 11.4 Å². The molecule has 3 rings (SSSR count). The van der Waals surface area contributed by atoms with Crippen molar-refractivity contribution < 1.29 is 22.7 Å². The highest BCUT2D eigenvalue weighted by atomic mass is 19.2. The van der Waals surface area contributed by atoms with Crippen molar-refractivity contribution in [3.05, 3.63) is 53.5 Å². The Hall–Kier alpha value is -2.90. The van der Waals surface area contributed by atoms with E-state index in [0.717, 1.165) is 12.1 Å². The minimum atomic E-state index is -1.59. The van der Waals surface area contributed by atoms with Crippen molar-refractivity contribution in [1.29, 1.82) is 0 Å². The Balaban J connectivity index is 2.13. The van der Waals surface area contributed by atoms with E-state index in [2.05, 4.69) is 14.8 Å². The summed E-state index contributed by atoms with van der Waals surface area (Å²) in [4.78, 5) is 15.4. The molecule has 0 N–H and O–H groups in total. The van der Waals surface area contributed by atoms with E-state index in [1.807, 2.05) is 0 Å². The molecule has 112 valence electrons. The largest absolute Gasteiger partial charge is 0.465 e. The third-order valence-corrected chi connectivity index (χ3v) is 3.03. The molecule has 0 unspecified atom stereocenters. The fourth-order valence-corrected chi connectivity index (χ4v) is 1.94. The summed E-state index contributed by atoms with van der Waals surface area (Å²) in [6.07, 6.45) is 1.43. The number of nitrogens with zero attached hydrogens (tertiary/aromatic N) is 3. The van der Waals surface area contributed by atoms with Gasteiger partial charge in [-0.15, -0.1) is 5.10 Å². The summed E-state index contributed by atoms with van der Waals surface area (Å²) in [6.45, 7) is 0. The van der Waals surface area contributed by atoms with E-state index >= 15 is 0 Å². The van der Waals surface area contributed by atoms with Gasteiger partial charge in [0.05, 0.1) is 18.2 Å². The average molecular weight is 307 g/mol. The number of pyridine rings is 1. The molecule has 0 bridgehead atoms. The van der Waals surface area contributed by atoms with E-state index in [-0.39, 0.29) is 22.6 Å². The first kappa shape index (κ1) is 14.1. The molecule has 22 heavy (non-hydrogen) atoms. The van der Waals surface area contributed by atoms with Crippen LogP contribution in [-0.4, -0.2) is 27.7 Å². The predicted octanol–water partition coefficient (Wildman–Crippen LogP) is 2.60. The van der Waals surface area contributed by atoms with E-state index in [4.69, 9.17) is 0 Å². The van der Waals surface area contributed by atoms with Crippen molar-refractivity contribution in [1.82, 2.24) is 14.6 Å². The molecule has 2 heterocycles. The Morgan fingerprint density at radius 1 is 1.18 bits per heavy atom. The molecule has 2 aromatic heterocycles. The number of hydrogen-bond donors (Lipinski definition) is 0. The third kappa shape index (κ3) is 2.18. The van der Waals surface area contributed by atoms with Crippen molar-refractivity contribution in [3.63, 3.8) is 0 Å². The predicted molar refractivity (Wildman–Crippen MR) is 69.6 cm³/mol. The molecule has 0 aliphatic heterocycles. The fourth-order valence-electron chi connectivity index (χ4n) is 1.94.